The summed E-state index contributed by atoms with van der Waals surface area (Å²) in [4.78, 5) is 1.48. The third kappa shape index (κ3) is 2.96. The fraction of sp³-hybridized carbons (Fsp3) is 0.231. The lowest BCUT2D eigenvalue weighted by Crippen LogP contribution is -1.99. The van der Waals surface area contributed by atoms with Crippen LogP contribution in [0.5, 0.6) is 0 Å². The summed E-state index contributed by atoms with van der Waals surface area (Å²) >= 11 is 7.83. The first-order chi connectivity index (χ1) is 7.65. The number of halogens is 1. The van der Waals surface area contributed by atoms with Gasteiger partial charge in [-0.25, -0.2) is 0 Å². The highest BCUT2D eigenvalue weighted by Gasteiger charge is 2.09. The van der Waals surface area contributed by atoms with E-state index in [0.29, 0.717) is 0 Å². The lowest BCUT2D eigenvalue weighted by molar-refractivity contribution is 1.21. The van der Waals surface area contributed by atoms with E-state index in [1.165, 1.54) is 21.5 Å². The number of hydrogen-bond acceptors (Lipinski definition) is 1. The van der Waals surface area contributed by atoms with E-state index in [1.807, 2.05) is 23.9 Å². The molecule has 0 bridgehead atoms. The SMILES string of the molecule is BC1=CC(C)=C(Cc2ccc(Cl)cc2)SC1. The maximum atomic E-state index is 5.88. The van der Waals surface area contributed by atoms with Gasteiger partial charge in [-0.2, -0.15) is 0 Å². The number of allylic oxidation sites excluding steroid dienone is 3. The van der Waals surface area contributed by atoms with Crippen LogP contribution >= 0.6 is 23.4 Å². The molecule has 16 heavy (non-hydrogen) atoms. The number of hydrogen-bond donors (Lipinski definition) is 0. The topological polar surface area (TPSA) is 0 Å². The van der Waals surface area contributed by atoms with Crippen molar-refractivity contribution in [2.45, 2.75) is 13.3 Å². The maximum absolute atomic E-state index is 5.88. The van der Waals surface area contributed by atoms with Crippen molar-refractivity contribution in [3.8, 4) is 0 Å². The monoisotopic (exact) mass is 248 g/mol. The second kappa shape index (κ2) is 5.16. The Bertz CT molecular complexity index is 446. The van der Waals surface area contributed by atoms with E-state index >= 15 is 0 Å². The van der Waals surface area contributed by atoms with Crippen molar-refractivity contribution in [2.75, 3.05) is 5.75 Å². The van der Waals surface area contributed by atoms with Crippen LogP contribution in [0.3, 0.4) is 0 Å². The molecule has 0 amide bonds. The summed E-state index contributed by atoms with van der Waals surface area (Å²) in [5.41, 5.74) is 4.20. The molecule has 3 heteroatoms. The summed E-state index contributed by atoms with van der Waals surface area (Å²) in [6.07, 6.45) is 3.32. The van der Waals surface area contributed by atoms with Crippen LogP contribution in [0.25, 0.3) is 0 Å². The van der Waals surface area contributed by atoms with Gasteiger partial charge in [0.15, 0.2) is 0 Å². The molecule has 0 saturated carbocycles. The quantitative estimate of drug-likeness (QED) is 0.723. The van der Waals surface area contributed by atoms with Gasteiger partial charge < -0.3 is 0 Å². The molecule has 1 aromatic rings. The van der Waals surface area contributed by atoms with Crippen LogP contribution in [0.4, 0.5) is 0 Å². The van der Waals surface area contributed by atoms with Crippen molar-refractivity contribution in [1.82, 2.24) is 0 Å². The van der Waals surface area contributed by atoms with Gasteiger partial charge in [0.1, 0.15) is 7.85 Å². The Morgan fingerprint density at radius 3 is 2.62 bits per heavy atom. The van der Waals surface area contributed by atoms with Gasteiger partial charge in [0.05, 0.1) is 0 Å². The van der Waals surface area contributed by atoms with Crippen LogP contribution in [0.15, 0.2) is 46.3 Å². The van der Waals surface area contributed by atoms with Crippen molar-refractivity contribution in [3.63, 3.8) is 0 Å². The molecular formula is C13H14BClS. The standard InChI is InChI=1S/C13H14BClS/c1-9-6-11(14)8-16-13(9)7-10-2-4-12(15)5-3-10/h2-6H,7-8,14H2,1H3. The van der Waals surface area contributed by atoms with Crippen LogP contribution in [-0.2, 0) is 6.42 Å². The van der Waals surface area contributed by atoms with Gasteiger partial charge in [0.2, 0.25) is 0 Å². The molecule has 2 rings (SSSR count). The zero-order valence-corrected chi connectivity index (χ0v) is 11.2. The Hall–Kier alpha value is -0.595. The van der Waals surface area contributed by atoms with E-state index in [9.17, 15) is 0 Å². The third-order valence-electron chi connectivity index (χ3n) is 2.65. The molecule has 0 aromatic heterocycles. The lowest BCUT2D eigenvalue weighted by atomic mass is 9.94. The highest BCUT2D eigenvalue weighted by molar-refractivity contribution is 8.03. The molecule has 1 heterocycles. The largest absolute Gasteiger partial charge is 0.135 e. The molecule has 1 aromatic carbocycles. The maximum Gasteiger partial charge on any atom is 0.135 e. The van der Waals surface area contributed by atoms with E-state index in [0.717, 1.165) is 17.2 Å². The van der Waals surface area contributed by atoms with E-state index in [-0.39, 0.29) is 0 Å². The Morgan fingerprint density at radius 1 is 1.31 bits per heavy atom. The Balaban J connectivity index is 2.16. The van der Waals surface area contributed by atoms with Gasteiger partial charge in [0, 0.05) is 17.2 Å². The van der Waals surface area contributed by atoms with E-state index in [1.54, 1.807) is 0 Å². The summed E-state index contributed by atoms with van der Waals surface area (Å²) in [7, 11) is 2.19. The van der Waals surface area contributed by atoms with Gasteiger partial charge in [-0.05, 0) is 35.1 Å². The molecule has 0 unspecified atom stereocenters. The second-order valence-corrected chi connectivity index (χ2v) is 5.70. The minimum absolute atomic E-state index is 0.807. The predicted octanol–water partition coefficient (Wildman–Crippen LogP) is 3.42. The van der Waals surface area contributed by atoms with Crippen molar-refractivity contribution >= 4 is 31.2 Å². The molecule has 0 aliphatic carbocycles. The Morgan fingerprint density at radius 2 is 2.00 bits per heavy atom. The Kier molecular flexibility index (Phi) is 3.83. The molecule has 0 atom stereocenters. The summed E-state index contributed by atoms with van der Waals surface area (Å²) in [5, 5.41) is 0.807. The zero-order chi connectivity index (χ0) is 11.5. The van der Waals surface area contributed by atoms with Gasteiger partial charge in [-0.3, -0.25) is 0 Å². The fourth-order valence-electron chi connectivity index (χ4n) is 1.78. The van der Waals surface area contributed by atoms with Gasteiger partial charge in [-0.15, -0.1) is 11.8 Å². The average Bonchev–Trinajstić information content (AvgIpc) is 2.25. The fourth-order valence-corrected chi connectivity index (χ4v) is 2.95. The van der Waals surface area contributed by atoms with Gasteiger partial charge >= 0.3 is 0 Å². The van der Waals surface area contributed by atoms with Gasteiger partial charge in [0.25, 0.3) is 0 Å². The van der Waals surface area contributed by atoms with Crippen LogP contribution < -0.4 is 0 Å². The highest BCUT2D eigenvalue weighted by atomic mass is 35.5. The molecule has 0 N–H and O–H groups in total. The summed E-state index contributed by atoms with van der Waals surface area (Å²) in [6, 6.07) is 8.13. The first kappa shape index (κ1) is 11.9. The lowest BCUT2D eigenvalue weighted by Gasteiger charge is -2.16. The number of benzene rings is 1. The van der Waals surface area contributed by atoms with Crippen molar-refractivity contribution in [2.24, 2.45) is 0 Å². The number of thioether (sulfide) groups is 1. The molecular weight excluding hydrogens is 234 g/mol. The first-order valence-corrected chi connectivity index (χ1v) is 6.75. The minimum atomic E-state index is 0.807. The van der Waals surface area contributed by atoms with Crippen molar-refractivity contribution < 1.29 is 0 Å². The third-order valence-corrected chi connectivity index (χ3v) is 4.32. The summed E-state index contributed by atoms with van der Waals surface area (Å²) in [5.74, 6) is 1.13. The van der Waals surface area contributed by atoms with Crippen LogP contribution in [0, 0.1) is 0 Å². The molecule has 0 fully saturated rings. The zero-order valence-electron chi connectivity index (χ0n) is 9.59. The summed E-state index contributed by atoms with van der Waals surface area (Å²) in [6.45, 7) is 2.20. The van der Waals surface area contributed by atoms with Gasteiger partial charge in [-0.1, -0.05) is 35.3 Å². The molecule has 0 spiro atoms. The minimum Gasteiger partial charge on any atom is -0.126 e. The molecule has 1 aliphatic heterocycles. The highest BCUT2D eigenvalue weighted by Crippen LogP contribution is 2.30. The van der Waals surface area contributed by atoms with Crippen LogP contribution in [-0.4, -0.2) is 13.6 Å². The first-order valence-electron chi connectivity index (χ1n) is 5.39. The second-order valence-electron chi connectivity index (χ2n) is 4.19. The number of rotatable bonds is 2. The average molecular weight is 249 g/mol. The summed E-state index contributed by atoms with van der Waals surface area (Å²) < 4.78 is 0. The predicted molar refractivity (Wildman–Crippen MR) is 76.9 cm³/mol. The smallest absolute Gasteiger partial charge is 0.126 e. The Labute approximate surface area is 107 Å². The molecule has 0 radical (unpaired) electrons. The van der Waals surface area contributed by atoms with Crippen LogP contribution in [0.1, 0.15) is 12.5 Å². The van der Waals surface area contributed by atoms with Crippen molar-refractivity contribution in [1.29, 1.82) is 0 Å². The molecule has 82 valence electrons. The van der Waals surface area contributed by atoms with E-state index < -0.39 is 0 Å². The molecule has 1 aliphatic rings. The van der Waals surface area contributed by atoms with E-state index in [4.69, 9.17) is 11.6 Å². The molecule has 0 nitrogen and oxygen atoms in total. The molecule has 0 saturated heterocycles. The van der Waals surface area contributed by atoms with Crippen molar-refractivity contribution in [3.05, 3.63) is 56.9 Å². The van der Waals surface area contributed by atoms with E-state index in [2.05, 4.69) is 33.0 Å². The normalized spacial score (nSPS) is 16.2. The van der Waals surface area contributed by atoms with Crippen LogP contribution in [0.2, 0.25) is 5.02 Å².